The molecule has 0 aromatic carbocycles. The largest absolute Gasteiger partial charge is 0.303 e. The molecule has 2 heteroatoms. The third-order valence-corrected chi connectivity index (χ3v) is 2.31. The van der Waals surface area contributed by atoms with Crippen LogP contribution >= 0.6 is 15.9 Å². The van der Waals surface area contributed by atoms with Crippen LogP contribution in [0.3, 0.4) is 0 Å². The molecule has 1 rings (SSSR count). The fourth-order valence-corrected chi connectivity index (χ4v) is 1.02. The van der Waals surface area contributed by atoms with Crippen molar-refractivity contribution in [2.75, 3.05) is 0 Å². The smallest absolute Gasteiger partial charge is 0.124 e. The zero-order chi connectivity index (χ0) is 5.49. The van der Waals surface area contributed by atoms with Crippen molar-refractivity contribution in [1.29, 1.82) is 0 Å². The molecule has 0 aliphatic heterocycles. The highest BCUT2D eigenvalue weighted by Gasteiger charge is 2.47. The summed E-state index contributed by atoms with van der Waals surface area (Å²) in [6, 6.07) is 0. The van der Waals surface area contributed by atoms with Crippen molar-refractivity contribution in [3.8, 4) is 0 Å². The van der Waals surface area contributed by atoms with Crippen LogP contribution in [0.25, 0.3) is 0 Å². The summed E-state index contributed by atoms with van der Waals surface area (Å²) >= 11 is 3.38. The molecule has 1 aliphatic carbocycles. The molecule has 0 unspecified atom stereocenters. The van der Waals surface area contributed by atoms with Crippen LogP contribution in [0.15, 0.2) is 0 Å². The number of rotatable bonds is 1. The SMILES string of the molecule is C[C@]1(Br)C[C@@H]1C=O. The molecule has 0 spiro atoms. The fourth-order valence-electron chi connectivity index (χ4n) is 0.561. The lowest BCUT2D eigenvalue weighted by Gasteiger charge is -1.88. The third kappa shape index (κ3) is 0.852. The summed E-state index contributed by atoms with van der Waals surface area (Å²) in [6.07, 6.45) is 2.02. The predicted octanol–water partition coefficient (Wildman–Crippen LogP) is 1.36. The molecule has 0 bridgehead atoms. The van der Waals surface area contributed by atoms with Crippen LogP contribution in [0.2, 0.25) is 0 Å². The van der Waals surface area contributed by atoms with Crippen LogP contribution in [0.4, 0.5) is 0 Å². The summed E-state index contributed by atoms with van der Waals surface area (Å²) in [7, 11) is 0. The number of halogens is 1. The Balaban J connectivity index is 2.44. The molecule has 1 nitrogen and oxygen atoms in total. The van der Waals surface area contributed by atoms with Gasteiger partial charge in [0.1, 0.15) is 6.29 Å². The summed E-state index contributed by atoms with van der Waals surface area (Å²) in [5, 5.41) is 0. The number of alkyl halides is 1. The van der Waals surface area contributed by atoms with E-state index in [1.807, 2.05) is 6.92 Å². The van der Waals surface area contributed by atoms with Crippen molar-refractivity contribution in [2.45, 2.75) is 17.7 Å². The standard InChI is InChI=1S/C5H7BrO/c1-5(6)2-4(5)3-7/h3-4H,2H2,1H3/t4-,5+/m1/s1. The Bertz CT molecular complexity index is 98.3. The van der Waals surface area contributed by atoms with E-state index >= 15 is 0 Å². The van der Waals surface area contributed by atoms with E-state index in [1.165, 1.54) is 0 Å². The Morgan fingerprint density at radius 2 is 2.43 bits per heavy atom. The van der Waals surface area contributed by atoms with Gasteiger partial charge in [-0.25, -0.2) is 0 Å². The van der Waals surface area contributed by atoms with Crippen LogP contribution < -0.4 is 0 Å². The van der Waals surface area contributed by atoms with Gasteiger partial charge in [0, 0.05) is 10.2 Å². The molecular weight excluding hydrogens is 156 g/mol. The number of carbonyl (C=O) groups is 1. The Kier molecular flexibility index (Phi) is 0.991. The van der Waals surface area contributed by atoms with E-state index in [9.17, 15) is 4.79 Å². The van der Waals surface area contributed by atoms with Gasteiger partial charge in [0.05, 0.1) is 0 Å². The minimum absolute atomic E-state index is 0.161. The topological polar surface area (TPSA) is 17.1 Å². The molecule has 40 valence electrons. The monoisotopic (exact) mass is 162 g/mol. The van der Waals surface area contributed by atoms with Crippen molar-refractivity contribution in [1.82, 2.24) is 0 Å². The first-order valence-electron chi connectivity index (χ1n) is 2.31. The van der Waals surface area contributed by atoms with Gasteiger partial charge in [-0.2, -0.15) is 0 Å². The average Bonchev–Trinajstić information content (AvgIpc) is 2.13. The van der Waals surface area contributed by atoms with Gasteiger partial charge in [0.25, 0.3) is 0 Å². The van der Waals surface area contributed by atoms with E-state index in [0.29, 0.717) is 0 Å². The van der Waals surface area contributed by atoms with E-state index in [0.717, 1.165) is 12.7 Å². The summed E-state index contributed by atoms with van der Waals surface area (Å²) < 4.78 is 0.161. The van der Waals surface area contributed by atoms with Gasteiger partial charge in [0.2, 0.25) is 0 Å². The second-order valence-corrected chi connectivity index (χ2v) is 4.04. The van der Waals surface area contributed by atoms with Gasteiger partial charge in [-0.15, -0.1) is 0 Å². The van der Waals surface area contributed by atoms with E-state index in [1.54, 1.807) is 0 Å². The zero-order valence-electron chi connectivity index (χ0n) is 4.15. The molecule has 1 aliphatic rings. The van der Waals surface area contributed by atoms with Gasteiger partial charge in [-0.3, -0.25) is 0 Å². The minimum Gasteiger partial charge on any atom is -0.303 e. The lowest BCUT2D eigenvalue weighted by molar-refractivity contribution is -0.108. The van der Waals surface area contributed by atoms with Crippen molar-refractivity contribution in [3.05, 3.63) is 0 Å². The molecule has 7 heavy (non-hydrogen) atoms. The normalized spacial score (nSPS) is 48.6. The second kappa shape index (κ2) is 1.31. The van der Waals surface area contributed by atoms with Crippen molar-refractivity contribution < 1.29 is 4.79 Å². The van der Waals surface area contributed by atoms with E-state index < -0.39 is 0 Å². The Morgan fingerprint density at radius 3 is 2.43 bits per heavy atom. The highest BCUT2D eigenvalue weighted by molar-refractivity contribution is 9.10. The van der Waals surface area contributed by atoms with Crippen molar-refractivity contribution in [2.24, 2.45) is 5.92 Å². The summed E-state index contributed by atoms with van der Waals surface area (Å²) in [5.74, 6) is 0.285. The molecule has 0 N–H and O–H groups in total. The van der Waals surface area contributed by atoms with Gasteiger partial charge in [-0.05, 0) is 13.3 Å². The van der Waals surface area contributed by atoms with Gasteiger partial charge in [-0.1, -0.05) is 15.9 Å². The molecule has 0 amide bonds. The molecule has 1 saturated carbocycles. The number of carbonyl (C=O) groups excluding carboxylic acids is 1. The number of aldehydes is 1. The maximum absolute atomic E-state index is 9.95. The van der Waals surface area contributed by atoms with Gasteiger partial charge < -0.3 is 4.79 Å². The highest BCUT2D eigenvalue weighted by atomic mass is 79.9. The highest BCUT2D eigenvalue weighted by Crippen LogP contribution is 2.49. The molecule has 0 saturated heterocycles. The average molecular weight is 163 g/mol. The van der Waals surface area contributed by atoms with Gasteiger partial charge in [0.15, 0.2) is 0 Å². The summed E-state index contributed by atoms with van der Waals surface area (Å²) in [5.41, 5.74) is 0. The molecular formula is C5H7BrO. The first-order valence-corrected chi connectivity index (χ1v) is 3.10. The quantitative estimate of drug-likeness (QED) is 0.421. The zero-order valence-corrected chi connectivity index (χ0v) is 5.73. The number of hydrogen-bond acceptors (Lipinski definition) is 1. The van der Waals surface area contributed by atoms with Crippen molar-refractivity contribution >= 4 is 22.2 Å². The van der Waals surface area contributed by atoms with E-state index in [2.05, 4.69) is 15.9 Å². The number of hydrogen-bond donors (Lipinski definition) is 0. The predicted molar refractivity (Wildman–Crippen MR) is 31.5 cm³/mol. The lowest BCUT2D eigenvalue weighted by atomic mass is 10.4. The molecule has 1 fully saturated rings. The minimum atomic E-state index is 0.161. The summed E-state index contributed by atoms with van der Waals surface area (Å²) in [6.45, 7) is 2.03. The van der Waals surface area contributed by atoms with Crippen LogP contribution in [0, 0.1) is 5.92 Å². The Labute approximate surface area is 51.2 Å². The Morgan fingerprint density at radius 1 is 2.00 bits per heavy atom. The third-order valence-electron chi connectivity index (χ3n) is 1.40. The lowest BCUT2D eigenvalue weighted by Crippen LogP contribution is -1.92. The van der Waals surface area contributed by atoms with Crippen LogP contribution in [-0.2, 0) is 4.79 Å². The second-order valence-electron chi connectivity index (χ2n) is 2.22. The molecule has 0 aromatic heterocycles. The van der Waals surface area contributed by atoms with Crippen LogP contribution in [-0.4, -0.2) is 10.6 Å². The maximum atomic E-state index is 9.95. The first-order chi connectivity index (χ1) is 3.17. The molecule has 0 radical (unpaired) electrons. The molecule has 0 heterocycles. The van der Waals surface area contributed by atoms with Gasteiger partial charge >= 0.3 is 0 Å². The van der Waals surface area contributed by atoms with E-state index in [4.69, 9.17) is 0 Å². The molecule has 0 aromatic rings. The molecule has 2 atom stereocenters. The maximum Gasteiger partial charge on any atom is 0.124 e. The van der Waals surface area contributed by atoms with E-state index in [-0.39, 0.29) is 10.2 Å². The first kappa shape index (κ1) is 5.29. The Hall–Kier alpha value is 0.150. The van der Waals surface area contributed by atoms with Crippen molar-refractivity contribution in [3.63, 3.8) is 0 Å². The van der Waals surface area contributed by atoms with Crippen LogP contribution in [0.1, 0.15) is 13.3 Å². The fraction of sp³-hybridized carbons (Fsp3) is 0.800. The summed E-state index contributed by atoms with van der Waals surface area (Å²) in [4.78, 5) is 9.95. The van der Waals surface area contributed by atoms with Crippen LogP contribution in [0.5, 0.6) is 0 Å².